The molecule has 196 valence electrons. The second-order valence-electron chi connectivity index (χ2n) is 9.50. The van der Waals surface area contributed by atoms with Gasteiger partial charge >= 0.3 is 5.97 Å². The van der Waals surface area contributed by atoms with E-state index in [2.05, 4.69) is 11.4 Å². The van der Waals surface area contributed by atoms with Crippen LogP contribution in [0.5, 0.6) is 5.75 Å². The Kier molecular flexibility index (Phi) is 8.16. The number of aliphatic hydroxyl groups is 1. The maximum atomic E-state index is 11.1. The van der Waals surface area contributed by atoms with E-state index in [0.29, 0.717) is 24.5 Å². The molecule has 0 radical (unpaired) electrons. The molecule has 0 amide bonds. The normalized spacial score (nSPS) is 15.6. The smallest absolute Gasteiger partial charge is 0.341 e. The van der Waals surface area contributed by atoms with Gasteiger partial charge < -0.3 is 19.4 Å². The molecular formula is C31H32N2O5. The summed E-state index contributed by atoms with van der Waals surface area (Å²) in [6, 6.07) is 25.6. The molecule has 4 aromatic rings. The van der Waals surface area contributed by atoms with Gasteiger partial charge in [-0.1, -0.05) is 72.8 Å². The molecule has 1 aliphatic rings. The van der Waals surface area contributed by atoms with E-state index in [1.165, 1.54) is 0 Å². The third kappa shape index (κ3) is 5.79. The van der Waals surface area contributed by atoms with Gasteiger partial charge in [0, 0.05) is 23.8 Å². The largest absolute Gasteiger partial charge is 0.482 e. The Morgan fingerprint density at radius 1 is 1.03 bits per heavy atom. The number of aromatic nitrogens is 1. The number of hydrogen-bond donors (Lipinski definition) is 3. The van der Waals surface area contributed by atoms with Crippen LogP contribution in [-0.2, 0) is 11.2 Å². The quantitative estimate of drug-likeness (QED) is 0.228. The number of fused-ring (bicyclic) bond motifs is 1. The Morgan fingerprint density at radius 2 is 1.76 bits per heavy atom. The van der Waals surface area contributed by atoms with E-state index < -0.39 is 5.97 Å². The maximum Gasteiger partial charge on any atom is 0.341 e. The van der Waals surface area contributed by atoms with E-state index in [-0.39, 0.29) is 25.3 Å². The number of rotatable bonds is 11. The molecule has 7 heteroatoms. The molecule has 0 bridgehead atoms. The third-order valence-corrected chi connectivity index (χ3v) is 6.89. The fraction of sp³-hybridized carbons (Fsp3) is 0.290. The molecule has 38 heavy (non-hydrogen) atoms. The number of carboxylic acids is 1. The molecule has 0 saturated carbocycles. The zero-order valence-corrected chi connectivity index (χ0v) is 21.2. The summed E-state index contributed by atoms with van der Waals surface area (Å²) in [5, 5.41) is 22.5. The molecule has 3 aromatic carbocycles. The highest BCUT2D eigenvalue weighted by molar-refractivity contribution is 5.76. The Balaban J connectivity index is 1.49. The van der Waals surface area contributed by atoms with Gasteiger partial charge in [-0.15, -0.1) is 0 Å². The van der Waals surface area contributed by atoms with Crippen LogP contribution in [0.4, 0.5) is 0 Å². The van der Waals surface area contributed by atoms with Crippen LogP contribution in [0.2, 0.25) is 0 Å². The summed E-state index contributed by atoms with van der Waals surface area (Å²) < 4.78 is 12.1. The summed E-state index contributed by atoms with van der Waals surface area (Å²) in [5.41, 5.74) is 4.86. The Hall–Kier alpha value is -3.94. The van der Waals surface area contributed by atoms with Crippen molar-refractivity contribution in [1.82, 2.24) is 10.3 Å². The van der Waals surface area contributed by atoms with Gasteiger partial charge in [-0.3, -0.25) is 5.32 Å². The topological polar surface area (TPSA) is 105 Å². The summed E-state index contributed by atoms with van der Waals surface area (Å²) in [5.74, 6) is 0.930. The molecule has 1 heterocycles. The van der Waals surface area contributed by atoms with Crippen molar-refractivity contribution in [3.05, 3.63) is 95.9 Å². The summed E-state index contributed by atoms with van der Waals surface area (Å²) >= 11 is 0. The van der Waals surface area contributed by atoms with Crippen LogP contribution in [0.15, 0.2) is 83.3 Å². The fourth-order valence-corrected chi connectivity index (χ4v) is 5.14. The molecule has 0 aliphatic heterocycles. The molecule has 1 unspecified atom stereocenters. The number of aliphatic carboxylic acids is 1. The number of oxazole rings is 1. The average Bonchev–Trinajstić information content (AvgIpc) is 3.40. The van der Waals surface area contributed by atoms with Crippen LogP contribution < -0.4 is 10.1 Å². The number of nitrogens with zero attached hydrogens (tertiary/aromatic N) is 1. The van der Waals surface area contributed by atoms with Gasteiger partial charge in [-0.2, -0.15) is 0 Å². The van der Waals surface area contributed by atoms with Crippen LogP contribution >= 0.6 is 0 Å². The highest BCUT2D eigenvalue weighted by atomic mass is 16.5. The van der Waals surface area contributed by atoms with Gasteiger partial charge in [-0.25, -0.2) is 9.78 Å². The molecule has 5 rings (SSSR count). The molecule has 3 N–H and O–H groups in total. The molecular weight excluding hydrogens is 480 g/mol. The highest BCUT2D eigenvalue weighted by Crippen LogP contribution is 2.39. The van der Waals surface area contributed by atoms with Crippen molar-refractivity contribution in [2.75, 3.05) is 13.2 Å². The van der Waals surface area contributed by atoms with Crippen LogP contribution in [0.25, 0.3) is 22.6 Å². The summed E-state index contributed by atoms with van der Waals surface area (Å²) in [6.45, 7) is -0.293. The number of benzene rings is 3. The van der Waals surface area contributed by atoms with Gasteiger partial charge in [0.15, 0.2) is 12.4 Å². The molecule has 0 fully saturated rings. The van der Waals surface area contributed by atoms with Gasteiger partial charge in [0.2, 0.25) is 5.89 Å². The molecule has 7 nitrogen and oxygen atoms in total. The van der Waals surface area contributed by atoms with Crippen molar-refractivity contribution < 1.29 is 24.2 Å². The number of carboxylic acid groups (broad SMARTS) is 1. The monoisotopic (exact) mass is 512 g/mol. The standard InChI is InChI=1S/C31H32N2O5/c34-19-9-17-26(32-25-16-7-15-24-23(25)14-8-18-27(24)37-20-28(35)36)31-33-29(21-10-3-1-4-11-21)30(38-31)22-12-5-2-6-13-22/h1-6,8,10-14,18,25-26,32,34H,7,9,15-17,19-20H2,(H,35,36)/t25?,26-/m1/s1. The van der Waals surface area contributed by atoms with E-state index in [9.17, 15) is 9.90 Å². The number of aliphatic hydroxyl groups excluding tert-OH is 1. The molecule has 0 spiro atoms. The minimum Gasteiger partial charge on any atom is -0.482 e. The lowest BCUT2D eigenvalue weighted by Crippen LogP contribution is -2.30. The number of nitrogens with one attached hydrogen (secondary N) is 1. The fourth-order valence-electron chi connectivity index (χ4n) is 5.14. The Bertz CT molecular complexity index is 1300. The predicted molar refractivity (Wildman–Crippen MR) is 145 cm³/mol. The zero-order chi connectivity index (χ0) is 26.3. The van der Waals surface area contributed by atoms with Crippen LogP contribution in [0, 0.1) is 0 Å². The van der Waals surface area contributed by atoms with E-state index in [0.717, 1.165) is 53.0 Å². The first-order chi connectivity index (χ1) is 18.6. The third-order valence-electron chi connectivity index (χ3n) is 6.89. The van der Waals surface area contributed by atoms with E-state index in [1.807, 2.05) is 72.8 Å². The van der Waals surface area contributed by atoms with E-state index in [1.54, 1.807) is 0 Å². The van der Waals surface area contributed by atoms with Gasteiger partial charge in [0.1, 0.15) is 11.4 Å². The minimum atomic E-state index is -0.996. The summed E-state index contributed by atoms with van der Waals surface area (Å²) in [4.78, 5) is 16.1. The molecule has 1 aliphatic carbocycles. The van der Waals surface area contributed by atoms with Crippen molar-refractivity contribution in [2.45, 2.75) is 44.2 Å². The first-order valence-corrected chi connectivity index (χ1v) is 13.1. The van der Waals surface area contributed by atoms with Crippen molar-refractivity contribution >= 4 is 5.97 Å². The second-order valence-corrected chi connectivity index (χ2v) is 9.50. The van der Waals surface area contributed by atoms with Gasteiger partial charge in [0.05, 0.1) is 6.04 Å². The van der Waals surface area contributed by atoms with Crippen molar-refractivity contribution in [3.63, 3.8) is 0 Å². The lowest BCUT2D eigenvalue weighted by molar-refractivity contribution is -0.139. The Morgan fingerprint density at radius 3 is 2.47 bits per heavy atom. The minimum absolute atomic E-state index is 0.0167. The van der Waals surface area contributed by atoms with E-state index >= 15 is 0 Å². The lowest BCUT2D eigenvalue weighted by Gasteiger charge is -2.30. The number of carbonyl (C=O) groups is 1. The van der Waals surface area contributed by atoms with Crippen molar-refractivity contribution in [3.8, 4) is 28.3 Å². The summed E-state index contributed by atoms with van der Waals surface area (Å²) in [6.07, 6.45) is 3.95. The molecule has 1 aromatic heterocycles. The molecule has 0 saturated heterocycles. The number of ether oxygens (including phenoxy) is 1. The van der Waals surface area contributed by atoms with E-state index in [4.69, 9.17) is 19.2 Å². The maximum absolute atomic E-state index is 11.1. The predicted octanol–water partition coefficient (Wildman–Crippen LogP) is 5.95. The average molecular weight is 513 g/mol. The van der Waals surface area contributed by atoms with Gasteiger partial charge in [-0.05, 0) is 49.3 Å². The van der Waals surface area contributed by atoms with Gasteiger partial charge in [0.25, 0.3) is 0 Å². The zero-order valence-electron chi connectivity index (χ0n) is 21.2. The van der Waals surface area contributed by atoms with Crippen LogP contribution in [-0.4, -0.2) is 34.4 Å². The lowest BCUT2D eigenvalue weighted by atomic mass is 9.86. The van der Waals surface area contributed by atoms with Crippen LogP contribution in [0.1, 0.15) is 54.8 Å². The molecule has 2 atom stereocenters. The number of hydrogen-bond acceptors (Lipinski definition) is 6. The first-order valence-electron chi connectivity index (χ1n) is 13.1. The van der Waals surface area contributed by atoms with Crippen LogP contribution in [0.3, 0.4) is 0 Å². The first kappa shape index (κ1) is 25.7. The van der Waals surface area contributed by atoms with Crippen molar-refractivity contribution in [2.24, 2.45) is 0 Å². The highest BCUT2D eigenvalue weighted by Gasteiger charge is 2.29. The Labute approximate surface area is 222 Å². The SMILES string of the molecule is O=C(O)COc1cccc2c1CCCC2N[C@H](CCCO)c1nc(-c2ccccc2)c(-c2ccccc2)o1. The second kappa shape index (κ2) is 12.1. The van der Waals surface area contributed by atoms with Crippen molar-refractivity contribution in [1.29, 1.82) is 0 Å². The summed E-state index contributed by atoms with van der Waals surface area (Å²) in [7, 11) is 0.